The van der Waals surface area contributed by atoms with Gasteiger partial charge in [0, 0.05) is 0 Å². The third kappa shape index (κ3) is 6.45. The van der Waals surface area contributed by atoms with E-state index in [2.05, 4.69) is 5.32 Å². The highest BCUT2D eigenvalue weighted by Gasteiger charge is 2.27. The molecule has 2 amide bonds. The van der Waals surface area contributed by atoms with E-state index in [-0.39, 0.29) is 18.1 Å². The molecule has 0 saturated heterocycles. The summed E-state index contributed by atoms with van der Waals surface area (Å²) in [5.41, 5.74) is 0. The van der Waals surface area contributed by atoms with Crippen LogP contribution < -0.4 is 10.6 Å². The Bertz CT molecular complexity index is 538. The van der Waals surface area contributed by atoms with Crippen molar-refractivity contribution in [3.05, 3.63) is 23.7 Å². The molecule has 7 nitrogen and oxygen atoms in total. The second kappa shape index (κ2) is 6.77. The summed E-state index contributed by atoms with van der Waals surface area (Å²) < 4.78 is 40.3. The van der Waals surface area contributed by atoms with Gasteiger partial charge in [0.15, 0.2) is 0 Å². The average Bonchev–Trinajstić information content (AvgIpc) is 2.82. The third-order valence-corrected chi connectivity index (χ3v) is 2.14. The molecule has 1 rings (SSSR count). The van der Waals surface area contributed by atoms with Gasteiger partial charge in [-0.15, -0.1) is 0 Å². The minimum atomic E-state index is -4.55. The molecule has 0 bridgehead atoms. The van der Waals surface area contributed by atoms with Crippen molar-refractivity contribution in [1.82, 2.24) is 10.6 Å². The first-order valence-corrected chi connectivity index (χ1v) is 5.59. The van der Waals surface area contributed by atoms with Crippen LogP contribution in [0.2, 0.25) is 0 Å². The van der Waals surface area contributed by atoms with Crippen LogP contribution in [-0.2, 0) is 16.1 Å². The number of furan rings is 1. The molecule has 0 fully saturated rings. The fourth-order valence-corrected chi connectivity index (χ4v) is 1.24. The van der Waals surface area contributed by atoms with E-state index in [1.54, 1.807) is 5.32 Å². The molecule has 0 aliphatic rings. The zero-order valence-corrected chi connectivity index (χ0v) is 10.5. The fraction of sp³-hybridized carbons (Fsp3) is 0.364. The topological polar surface area (TPSA) is 109 Å². The summed E-state index contributed by atoms with van der Waals surface area (Å²) in [5.74, 6) is -3.35. The molecule has 10 heteroatoms. The molecule has 1 aromatic rings. The molecular weight excluding hydrogens is 297 g/mol. The van der Waals surface area contributed by atoms with Crippen molar-refractivity contribution in [3.63, 3.8) is 0 Å². The predicted octanol–water partition coefficient (Wildman–Crippen LogP) is 0.663. The van der Waals surface area contributed by atoms with Crippen molar-refractivity contribution in [3.8, 4) is 0 Å². The number of carbonyl (C=O) groups excluding carboxylic acids is 2. The number of aromatic carboxylic acids is 1. The smallest absolute Gasteiger partial charge is 0.405 e. The maximum absolute atomic E-state index is 11.8. The molecule has 3 N–H and O–H groups in total. The number of rotatable bonds is 6. The lowest BCUT2D eigenvalue weighted by atomic mass is 10.3. The van der Waals surface area contributed by atoms with Gasteiger partial charge in [-0.05, 0) is 12.1 Å². The van der Waals surface area contributed by atoms with Gasteiger partial charge < -0.3 is 20.2 Å². The molecule has 1 aromatic heterocycles. The van der Waals surface area contributed by atoms with Crippen LogP contribution in [0.25, 0.3) is 0 Å². The number of halogens is 3. The number of alkyl halides is 3. The van der Waals surface area contributed by atoms with Crippen molar-refractivity contribution in [2.75, 3.05) is 6.54 Å². The Kier molecular flexibility index (Phi) is 5.33. The minimum absolute atomic E-state index is 0.136. The highest BCUT2D eigenvalue weighted by Crippen LogP contribution is 2.12. The van der Waals surface area contributed by atoms with Gasteiger partial charge in [-0.2, -0.15) is 13.2 Å². The van der Waals surface area contributed by atoms with Gasteiger partial charge in [0.25, 0.3) is 0 Å². The lowest BCUT2D eigenvalue weighted by molar-refractivity contribution is -0.140. The molecule has 1 heterocycles. The Labute approximate surface area is 116 Å². The second-order valence-electron chi connectivity index (χ2n) is 3.92. The second-order valence-corrected chi connectivity index (χ2v) is 3.92. The van der Waals surface area contributed by atoms with Crippen LogP contribution >= 0.6 is 0 Å². The van der Waals surface area contributed by atoms with Crippen molar-refractivity contribution in [2.24, 2.45) is 0 Å². The molecule has 0 spiro atoms. The normalized spacial score (nSPS) is 11.0. The summed E-state index contributed by atoms with van der Waals surface area (Å²) in [6.45, 7) is -1.70. The summed E-state index contributed by atoms with van der Waals surface area (Å²) in [5, 5.41) is 12.3. The molecule has 0 atom stereocenters. The van der Waals surface area contributed by atoms with Gasteiger partial charge in [-0.1, -0.05) is 0 Å². The summed E-state index contributed by atoms with van der Waals surface area (Å²) in [6, 6.07) is 2.49. The van der Waals surface area contributed by atoms with Crippen molar-refractivity contribution < 1.29 is 37.1 Å². The van der Waals surface area contributed by atoms with Crippen molar-refractivity contribution in [1.29, 1.82) is 0 Å². The van der Waals surface area contributed by atoms with Crippen LogP contribution in [0.4, 0.5) is 13.2 Å². The molecule has 0 aromatic carbocycles. The number of carbonyl (C=O) groups is 3. The first kappa shape index (κ1) is 16.5. The minimum Gasteiger partial charge on any atom is -0.475 e. The Hall–Kier alpha value is -2.52. The van der Waals surface area contributed by atoms with Crippen LogP contribution in [-0.4, -0.2) is 35.6 Å². The zero-order valence-electron chi connectivity index (χ0n) is 10.5. The molecule has 0 radical (unpaired) electrons. The van der Waals surface area contributed by atoms with E-state index >= 15 is 0 Å². The number of hydrogen-bond donors (Lipinski definition) is 3. The van der Waals surface area contributed by atoms with E-state index in [1.165, 1.54) is 12.1 Å². The van der Waals surface area contributed by atoms with Gasteiger partial charge in [0.05, 0.1) is 6.54 Å². The van der Waals surface area contributed by atoms with Crippen LogP contribution in [0.1, 0.15) is 22.7 Å². The number of carboxylic acids is 1. The lowest BCUT2D eigenvalue weighted by Crippen LogP contribution is -2.36. The van der Waals surface area contributed by atoms with Gasteiger partial charge >= 0.3 is 12.1 Å². The maximum atomic E-state index is 11.8. The molecule has 21 heavy (non-hydrogen) atoms. The number of hydrogen-bond acceptors (Lipinski definition) is 4. The third-order valence-electron chi connectivity index (χ3n) is 2.14. The first-order chi connectivity index (χ1) is 9.67. The fourth-order valence-electron chi connectivity index (χ4n) is 1.24. The Morgan fingerprint density at radius 2 is 1.76 bits per heavy atom. The number of amides is 2. The van der Waals surface area contributed by atoms with E-state index in [1.807, 2.05) is 0 Å². The monoisotopic (exact) mass is 308 g/mol. The van der Waals surface area contributed by atoms with Crippen LogP contribution in [0, 0.1) is 0 Å². The average molecular weight is 308 g/mol. The van der Waals surface area contributed by atoms with E-state index in [9.17, 15) is 27.6 Å². The van der Waals surface area contributed by atoms with E-state index in [4.69, 9.17) is 9.52 Å². The Morgan fingerprint density at radius 3 is 2.29 bits per heavy atom. The van der Waals surface area contributed by atoms with E-state index < -0.39 is 36.9 Å². The summed E-state index contributed by atoms with van der Waals surface area (Å²) >= 11 is 0. The Morgan fingerprint density at radius 1 is 1.14 bits per heavy atom. The van der Waals surface area contributed by atoms with Crippen LogP contribution in [0.3, 0.4) is 0 Å². The molecule has 0 saturated carbocycles. The van der Waals surface area contributed by atoms with Gasteiger partial charge in [-0.25, -0.2) is 4.79 Å². The predicted molar refractivity (Wildman–Crippen MR) is 61.2 cm³/mol. The first-order valence-electron chi connectivity index (χ1n) is 5.59. The largest absolute Gasteiger partial charge is 0.475 e. The lowest BCUT2D eigenvalue weighted by Gasteiger charge is -2.08. The van der Waals surface area contributed by atoms with Crippen LogP contribution in [0.5, 0.6) is 0 Å². The summed E-state index contributed by atoms with van der Waals surface area (Å²) in [4.78, 5) is 32.8. The van der Waals surface area contributed by atoms with Crippen molar-refractivity contribution in [2.45, 2.75) is 19.1 Å². The van der Waals surface area contributed by atoms with Gasteiger partial charge in [-0.3, -0.25) is 9.59 Å². The molecule has 116 valence electrons. The summed E-state index contributed by atoms with van der Waals surface area (Å²) in [6.07, 6.45) is -5.32. The number of nitrogens with one attached hydrogen (secondary N) is 2. The van der Waals surface area contributed by atoms with E-state index in [0.717, 1.165) is 0 Å². The molecule has 0 aliphatic carbocycles. The van der Waals surface area contributed by atoms with Gasteiger partial charge in [0.2, 0.25) is 17.6 Å². The van der Waals surface area contributed by atoms with Crippen molar-refractivity contribution >= 4 is 17.8 Å². The highest BCUT2D eigenvalue weighted by molar-refractivity contribution is 5.96. The van der Waals surface area contributed by atoms with E-state index in [0.29, 0.717) is 0 Å². The standard InChI is InChI=1S/C11H11F3N2O5/c12-11(13,14)5-16-9(18)3-8(17)15-4-6-1-2-7(21-6)10(19)20/h1-2H,3-5H2,(H,15,17)(H,16,18)(H,19,20). The Balaban J connectivity index is 2.33. The SMILES string of the molecule is O=C(CC(=O)NCC(F)(F)F)NCc1ccc(C(=O)O)o1. The maximum Gasteiger partial charge on any atom is 0.405 e. The zero-order chi connectivity index (χ0) is 16.0. The molecular formula is C11H11F3N2O5. The highest BCUT2D eigenvalue weighted by atomic mass is 19.4. The summed E-state index contributed by atoms with van der Waals surface area (Å²) in [7, 11) is 0. The van der Waals surface area contributed by atoms with Gasteiger partial charge in [0.1, 0.15) is 18.7 Å². The van der Waals surface area contributed by atoms with Crippen LogP contribution in [0.15, 0.2) is 16.5 Å². The quantitative estimate of drug-likeness (QED) is 0.669. The molecule has 0 unspecified atom stereocenters. The number of carboxylic acid groups (broad SMARTS) is 1. The molecule has 0 aliphatic heterocycles.